The molecule has 0 saturated heterocycles. The first-order valence-corrected chi connectivity index (χ1v) is 10.7. The van der Waals surface area contributed by atoms with Crippen molar-refractivity contribution in [3.63, 3.8) is 0 Å². The van der Waals surface area contributed by atoms with Crippen molar-refractivity contribution in [2.45, 2.75) is 5.60 Å². The van der Waals surface area contributed by atoms with Crippen molar-refractivity contribution in [2.75, 3.05) is 0 Å². The number of halogens is 1. The average molecular weight is 453 g/mol. The highest BCUT2D eigenvalue weighted by atomic mass is 79.9. The average Bonchev–Trinajstić information content (AvgIpc) is 3.32. The van der Waals surface area contributed by atoms with E-state index in [0.29, 0.717) is 0 Å². The van der Waals surface area contributed by atoms with Gasteiger partial charge in [0.25, 0.3) is 0 Å². The first kappa shape index (κ1) is 17.7. The van der Waals surface area contributed by atoms with Crippen LogP contribution >= 0.6 is 15.9 Å². The van der Waals surface area contributed by atoms with Crippen LogP contribution in [0.3, 0.4) is 0 Å². The third-order valence-electron chi connectivity index (χ3n) is 5.99. The van der Waals surface area contributed by atoms with Crippen LogP contribution in [0.15, 0.2) is 106 Å². The molecule has 0 saturated carbocycles. The lowest BCUT2D eigenvalue weighted by Gasteiger charge is -2.28. The highest BCUT2D eigenvalue weighted by Crippen LogP contribution is 2.53. The summed E-state index contributed by atoms with van der Waals surface area (Å²) in [6.07, 6.45) is 0. The predicted molar refractivity (Wildman–Crippen MR) is 123 cm³/mol. The smallest absolute Gasteiger partial charge is 0.142 e. The summed E-state index contributed by atoms with van der Waals surface area (Å²) in [5, 5.41) is 13.4. The third-order valence-corrected chi connectivity index (χ3v) is 6.48. The molecule has 1 N–H and O–H groups in total. The van der Waals surface area contributed by atoms with Gasteiger partial charge in [0, 0.05) is 32.1 Å². The van der Waals surface area contributed by atoms with Crippen LogP contribution < -0.4 is 0 Å². The van der Waals surface area contributed by atoms with Crippen LogP contribution in [-0.4, -0.2) is 5.11 Å². The Labute approximate surface area is 182 Å². The Morgan fingerprint density at radius 3 is 2.07 bits per heavy atom. The summed E-state index contributed by atoms with van der Waals surface area (Å²) in [7, 11) is 0. The van der Waals surface area contributed by atoms with E-state index in [-0.39, 0.29) is 0 Å². The van der Waals surface area contributed by atoms with Gasteiger partial charge < -0.3 is 9.52 Å². The molecule has 1 aliphatic carbocycles. The van der Waals surface area contributed by atoms with Crippen molar-refractivity contribution >= 4 is 26.9 Å². The molecular formula is C27H17BrO2. The second-order valence-corrected chi connectivity index (χ2v) is 8.56. The largest absolute Gasteiger partial charge is 0.456 e. The van der Waals surface area contributed by atoms with Gasteiger partial charge in [-0.25, -0.2) is 0 Å². The summed E-state index contributed by atoms with van der Waals surface area (Å²) >= 11 is 3.59. The monoisotopic (exact) mass is 452 g/mol. The minimum Gasteiger partial charge on any atom is -0.456 e. The normalized spacial score (nSPS) is 17.1. The van der Waals surface area contributed by atoms with Crippen molar-refractivity contribution in [1.82, 2.24) is 0 Å². The molecule has 0 radical (unpaired) electrons. The van der Waals surface area contributed by atoms with Gasteiger partial charge in [0.05, 0.1) is 0 Å². The number of benzene rings is 4. The first-order chi connectivity index (χ1) is 14.7. The predicted octanol–water partition coefficient (Wildman–Crippen LogP) is 7.13. The van der Waals surface area contributed by atoms with Gasteiger partial charge >= 0.3 is 0 Å². The molecule has 30 heavy (non-hydrogen) atoms. The molecule has 1 atom stereocenters. The Kier molecular flexibility index (Phi) is 3.79. The molecular weight excluding hydrogens is 436 g/mol. The van der Waals surface area contributed by atoms with Gasteiger partial charge in [-0.05, 0) is 35.4 Å². The molecule has 3 heteroatoms. The molecule has 1 unspecified atom stereocenters. The van der Waals surface area contributed by atoms with E-state index in [1.54, 1.807) is 0 Å². The van der Waals surface area contributed by atoms with Gasteiger partial charge in [-0.2, -0.15) is 0 Å². The molecule has 0 fully saturated rings. The number of hydrogen-bond acceptors (Lipinski definition) is 2. The molecule has 2 nitrogen and oxygen atoms in total. The quantitative estimate of drug-likeness (QED) is 0.309. The number of furan rings is 1. The number of para-hydroxylation sites is 1. The van der Waals surface area contributed by atoms with Crippen molar-refractivity contribution in [3.8, 4) is 22.5 Å². The van der Waals surface area contributed by atoms with Crippen LogP contribution in [0.4, 0.5) is 0 Å². The fourth-order valence-electron chi connectivity index (χ4n) is 4.65. The van der Waals surface area contributed by atoms with E-state index in [0.717, 1.165) is 54.6 Å². The minimum absolute atomic E-state index is 0.751. The molecule has 0 aliphatic heterocycles. The first-order valence-electron chi connectivity index (χ1n) is 9.87. The Hall–Kier alpha value is -3.14. The Balaban J connectivity index is 1.66. The summed E-state index contributed by atoms with van der Waals surface area (Å²) < 4.78 is 7.12. The van der Waals surface area contributed by atoms with Crippen molar-refractivity contribution < 1.29 is 9.52 Å². The van der Waals surface area contributed by atoms with Crippen LogP contribution in [0.25, 0.3) is 33.4 Å². The van der Waals surface area contributed by atoms with Crippen LogP contribution in [-0.2, 0) is 5.60 Å². The maximum Gasteiger partial charge on any atom is 0.142 e. The van der Waals surface area contributed by atoms with Gasteiger partial charge in [-0.3, -0.25) is 0 Å². The Morgan fingerprint density at radius 1 is 0.633 bits per heavy atom. The van der Waals surface area contributed by atoms with E-state index >= 15 is 0 Å². The second-order valence-electron chi connectivity index (χ2n) is 7.64. The molecule has 144 valence electrons. The lowest BCUT2D eigenvalue weighted by Crippen LogP contribution is -2.27. The van der Waals surface area contributed by atoms with Gasteiger partial charge in [0.15, 0.2) is 0 Å². The van der Waals surface area contributed by atoms with Gasteiger partial charge in [0.2, 0.25) is 0 Å². The van der Waals surface area contributed by atoms with Gasteiger partial charge in [0.1, 0.15) is 16.9 Å². The standard InChI is InChI=1S/C27H17BrO2/c28-18-13-14-20-19-8-2-4-10-22(19)27(29,24(20)16-18)23-11-5-3-9-21(23)26-15-17-7-1-6-12-25(17)30-26/h1-16,29H. The summed E-state index contributed by atoms with van der Waals surface area (Å²) in [4.78, 5) is 0. The molecule has 4 aromatic carbocycles. The molecule has 1 aromatic heterocycles. The van der Waals surface area contributed by atoms with E-state index in [1.807, 2.05) is 84.9 Å². The highest BCUT2D eigenvalue weighted by molar-refractivity contribution is 9.10. The SMILES string of the molecule is OC1(c2ccccc2-c2cc3ccccc3o2)c2ccccc2-c2ccc(Br)cc21. The molecule has 0 amide bonds. The van der Waals surface area contributed by atoms with Gasteiger partial charge in [-0.15, -0.1) is 0 Å². The number of rotatable bonds is 2. The van der Waals surface area contributed by atoms with Gasteiger partial charge in [-0.1, -0.05) is 88.7 Å². The molecule has 0 spiro atoms. The fraction of sp³-hybridized carbons (Fsp3) is 0.0370. The van der Waals surface area contributed by atoms with E-state index in [1.165, 1.54) is 0 Å². The number of aliphatic hydroxyl groups is 1. The zero-order valence-corrected chi connectivity index (χ0v) is 17.6. The van der Waals surface area contributed by atoms with Crippen LogP contribution in [0.2, 0.25) is 0 Å². The molecule has 5 aromatic rings. The van der Waals surface area contributed by atoms with Crippen LogP contribution in [0.5, 0.6) is 0 Å². The number of hydrogen-bond donors (Lipinski definition) is 1. The van der Waals surface area contributed by atoms with E-state index in [4.69, 9.17) is 4.42 Å². The van der Waals surface area contributed by atoms with Crippen molar-refractivity contribution in [1.29, 1.82) is 0 Å². The van der Waals surface area contributed by atoms with Crippen LogP contribution in [0, 0.1) is 0 Å². The zero-order chi connectivity index (χ0) is 20.3. The summed E-state index contributed by atoms with van der Waals surface area (Å²) in [5.41, 5.74) is 5.14. The van der Waals surface area contributed by atoms with Crippen molar-refractivity contribution in [3.05, 3.63) is 118 Å². The third kappa shape index (κ3) is 2.40. The lowest BCUT2D eigenvalue weighted by molar-refractivity contribution is 0.131. The number of fused-ring (bicyclic) bond motifs is 4. The molecule has 1 aliphatic rings. The second kappa shape index (κ2) is 6.43. The van der Waals surface area contributed by atoms with E-state index < -0.39 is 5.60 Å². The zero-order valence-electron chi connectivity index (χ0n) is 16.0. The fourth-order valence-corrected chi connectivity index (χ4v) is 5.01. The minimum atomic E-state index is -1.27. The van der Waals surface area contributed by atoms with E-state index in [9.17, 15) is 5.11 Å². The summed E-state index contributed by atoms with van der Waals surface area (Å²) in [5.74, 6) is 0.751. The molecule has 0 bridgehead atoms. The highest BCUT2D eigenvalue weighted by Gasteiger charge is 2.44. The van der Waals surface area contributed by atoms with E-state index in [2.05, 4.69) is 28.1 Å². The maximum atomic E-state index is 12.3. The Morgan fingerprint density at radius 2 is 1.27 bits per heavy atom. The lowest BCUT2D eigenvalue weighted by atomic mass is 9.81. The molecule has 6 rings (SSSR count). The topological polar surface area (TPSA) is 33.4 Å². The maximum absolute atomic E-state index is 12.3. The molecule has 1 heterocycles. The Bertz CT molecular complexity index is 1400. The summed E-state index contributed by atoms with van der Waals surface area (Å²) in [6, 6.07) is 32.2. The summed E-state index contributed by atoms with van der Waals surface area (Å²) in [6.45, 7) is 0. The van der Waals surface area contributed by atoms with Crippen LogP contribution in [0.1, 0.15) is 16.7 Å². The van der Waals surface area contributed by atoms with Crippen molar-refractivity contribution in [2.24, 2.45) is 0 Å².